The van der Waals surface area contributed by atoms with Gasteiger partial charge in [0.25, 0.3) is 0 Å². The number of thioether (sulfide) groups is 1. The summed E-state index contributed by atoms with van der Waals surface area (Å²) >= 11 is 1.37. The minimum Gasteiger partial charge on any atom is -0.273 e. The molecule has 1 rings (SSSR count). The van der Waals surface area contributed by atoms with E-state index in [4.69, 9.17) is 0 Å². The van der Waals surface area contributed by atoms with Gasteiger partial charge in [0.05, 0.1) is 11.5 Å². The van der Waals surface area contributed by atoms with Crippen molar-refractivity contribution in [3.8, 4) is 0 Å². The van der Waals surface area contributed by atoms with Crippen molar-refractivity contribution < 1.29 is 13.2 Å². The minimum absolute atomic E-state index is 0.0388. The Morgan fingerprint density at radius 2 is 1.78 bits per heavy atom. The van der Waals surface area contributed by atoms with Crippen LogP contribution in [-0.4, -0.2) is 25.8 Å². The Bertz CT molecular complexity index is 497. The average molecular weight is 287 g/mol. The molecule has 0 bridgehead atoms. The lowest BCUT2D eigenvalue weighted by atomic mass is 10.1. The molecule has 4 nitrogen and oxygen atoms in total. The van der Waals surface area contributed by atoms with Gasteiger partial charge in [-0.05, 0) is 18.1 Å². The van der Waals surface area contributed by atoms with Crippen molar-refractivity contribution in [1.29, 1.82) is 0 Å². The normalized spacial score (nSPS) is 13.3. The first-order chi connectivity index (χ1) is 8.29. The topological polar surface area (TPSA) is 63.2 Å². The van der Waals surface area contributed by atoms with Gasteiger partial charge in [-0.3, -0.25) is 9.52 Å². The van der Waals surface area contributed by atoms with Crippen LogP contribution in [0.2, 0.25) is 0 Å². The summed E-state index contributed by atoms with van der Waals surface area (Å²) in [7, 11) is -3.51. The third-order valence-electron chi connectivity index (χ3n) is 2.16. The number of carbonyl (C=O) groups excluding carboxylic acids is 1. The molecule has 0 saturated carbocycles. The van der Waals surface area contributed by atoms with Crippen molar-refractivity contribution in [3.63, 3.8) is 0 Å². The number of amides is 1. The highest BCUT2D eigenvalue weighted by atomic mass is 32.2. The summed E-state index contributed by atoms with van der Waals surface area (Å²) in [5, 5.41) is -0.429. The molecular weight excluding hydrogens is 270 g/mol. The number of hydrogen-bond donors (Lipinski definition) is 1. The van der Waals surface area contributed by atoms with Crippen LogP contribution in [0, 0.1) is 5.92 Å². The van der Waals surface area contributed by atoms with E-state index in [0.717, 1.165) is 11.2 Å². The van der Waals surface area contributed by atoms with Crippen LogP contribution in [-0.2, 0) is 14.8 Å². The molecule has 1 N–H and O–H groups in total. The van der Waals surface area contributed by atoms with E-state index < -0.39 is 21.2 Å². The molecule has 0 aliphatic heterocycles. The number of carbonyl (C=O) groups is 1. The standard InChI is InChI=1S/C12H17NO3S2/c1-9(2)11(12(14)13-18(3,15)16)17-10-7-5-4-6-8-10/h4-9,11H,1-3H3,(H,13,14)/t11-/m0/s1. The molecule has 1 aromatic carbocycles. The zero-order valence-electron chi connectivity index (χ0n) is 10.6. The van der Waals surface area contributed by atoms with Crippen molar-refractivity contribution >= 4 is 27.7 Å². The molecular formula is C12H17NO3S2. The smallest absolute Gasteiger partial charge is 0.247 e. The first-order valence-corrected chi connectivity index (χ1v) is 8.30. The van der Waals surface area contributed by atoms with Crippen molar-refractivity contribution in [1.82, 2.24) is 4.72 Å². The maximum Gasteiger partial charge on any atom is 0.247 e. The monoisotopic (exact) mass is 287 g/mol. The molecule has 0 heterocycles. The highest BCUT2D eigenvalue weighted by molar-refractivity contribution is 8.00. The first kappa shape index (κ1) is 15.0. The average Bonchev–Trinajstić information content (AvgIpc) is 2.24. The summed E-state index contributed by atoms with van der Waals surface area (Å²) in [5.74, 6) is -0.432. The molecule has 0 aliphatic rings. The van der Waals surface area contributed by atoms with E-state index in [9.17, 15) is 13.2 Å². The second-order valence-corrected chi connectivity index (χ2v) is 7.30. The summed E-state index contributed by atoms with van der Waals surface area (Å²) in [6, 6.07) is 9.45. The van der Waals surface area contributed by atoms with Crippen molar-refractivity contribution in [2.24, 2.45) is 5.92 Å². The lowest BCUT2D eigenvalue weighted by Gasteiger charge is -2.19. The van der Waals surface area contributed by atoms with Crippen LogP contribution in [0.5, 0.6) is 0 Å². The molecule has 1 atom stereocenters. The Hall–Kier alpha value is -1.01. The van der Waals surface area contributed by atoms with Gasteiger partial charge in [0.2, 0.25) is 15.9 Å². The summed E-state index contributed by atoms with van der Waals surface area (Å²) in [6.07, 6.45) is 0.982. The molecule has 1 amide bonds. The molecule has 18 heavy (non-hydrogen) atoms. The second kappa shape index (κ2) is 6.24. The molecule has 0 spiro atoms. The van der Waals surface area contributed by atoms with Crippen LogP contribution in [0.4, 0.5) is 0 Å². The van der Waals surface area contributed by atoms with Crippen molar-refractivity contribution in [3.05, 3.63) is 30.3 Å². The summed E-state index contributed by atoms with van der Waals surface area (Å²) in [4.78, 5) is 12.8. The first-order valence-electron chi connectivity index (χ1n) is 5.53. The Kier molecular flexibility index (Phi) is 5.22. The van der Waals surface area contributed by atoms with Crippen LogP contribution < -0.4 is 4.72 Å². The molecule has 100 valence electrons. The Balaban J connectivity index is 2.81. The maximum absolute atomic E-state index is 11.9. The predicted molar refractivity (Wildman–Crippen MR) is 73.9 cm³/mol. The van der Waals surface area contributed by atoms with Crippen molar-refractivity contribution in [2.75, 3.05) is 6.26 Å². The Morgan fingerprint density at radius 1 is 1.22 bits per heavy atom. The SMILES string of the molecule is CC(C)[C@H](Sc1ccccc1)C(=O)NS(C)(=O)=O. The van der Waals surface area contributed by atoms with Gasteiger partial charge in [0.1, 0.15) is 0 Å². The summed E-state index contributed by atoms with van der Waals surface area (Å²) in [5.41, 5.74) is 0. The van der Waals surface area contributed by atoms with Gasteiger partial charge in [0.15, 0.2) is 0 Å². The zero-order chi connectivity index (χ0) is 13.8. The number of benzene rings is 1. The van der Waals surface area contributed by atoms with Crippen LogP contribution >= 0.6 is 11.8 Å². The summed E-state index contributed by atoms with van der Waals surface area (Å²) < 4.78 is 24.2. The fraction of sp³-hybridized carbons (Fsp3) is 0.417. The molecule has 0 aliphatic carbocycles. The quantitative estimate of drug-likeness (QED) is 0.840. The number of nitrogens with one attached hydrogen (secondary N) is 1. The maximum atomic E-state index is 11.9. The Morgan fingerprint density at radius 3 is 2.22 bits per heavy atom. The van der Waals surface area contributed by atoms with Crippen LogP contribution in [0.25, 0.3) is 0 Å². The highest BCUT2D eigenvalue weighted by Crippen LogP contribution is 2.28. The third kappa shape index (κ3) is 5.10. The highest BCUT2D eigenvalue weighted by Gasteiger charge is 2.25. The fourth-order valence-electron chi connectivity index (χ4n) is 1.38. The minimum atomic E-state index is -3.51. The fourth-order valence-corrected chi connectivity index (χ4v) is 2.99. The van der Waals surface area contributed by atoms with Gasteiger partial charge in [-0.25, -0.2) is 8.42 Å². The van der Waals surface area contributed by atoms with E-state index in [1.165, 1.54) is 11.8 Å². The lowest BCUT2D eigenvalue weighted by Crippen LogP contribution is -2.38. The predicted octanol–water partition coefficient (Wildman–Crippen LogP) is 1.88. The van der Waals surface area contributed by atoms with Crippen LogP contribution in [0.3, 0.4) is 0 Å². The van der Waals surface area contributed by atoms with Crippen molar-refractivity contribution in [2.45, 2.75) is 24.0 Å². The van der Waals surface area contributed by atoms with Crippen LogP contribution in [0.1, 0.15) is 13.8 Å². The zero-order valence-corrected chi connectivity index (χ0v) is 12.2. The van der Waals surface area contributed by atoms with Gasteiger partial charge in [-0.2, -0.15) is 0 Å². The molecule has 0 aromatic heterocycles. The van der Waals surface area contributed by atoms with E-state index in [-0.39, 0.29) is 5.92 Å². The molecule has 0 saturated heterocycles. The van der Waals surface area contributed by atoms with Gasteiger partial charge in [-0.15, -0.1) is 11.8 Å². The second-order valence-electron chi connectivity index (χ2n) is 4.33. The van der Waals surface area contributed by atoms with E-state index in [0.29, 0.717) is 0 Å². The van der Waals surface area contributed by atoms with E-state index >= 15 is 0 Å². The Labute approximate surface area is 112 Å². The number of sulfonamides is 1. The molecule has 0 unspecified atom stereocenters. The molecule has 0 radical (unpaired) electrons. The third-order valence-corrected chi connectivity index (χ3v) is 4.28. The largest absolute Gasteiger partial charge is 0.273 e. The number of hydrogen-bond acceptors (Lipinski definition) is 4. The van der Waals surface area contributed by atoms with Gasteiger partial charge >= 0.3 is 0 Å². The van der Waals surface area contributed by atoms with E-state index in [2.05, 4.69) is 0 Å². The lowest BCUT2D eigenvalue weighted by molar-refractivity contribution is -0.119. The van der Waals surface area contributed by atoms with Gasteiger partial charge < -0.3 is 0 Å². The van der Waals surface area contributed by atoms with Crippen LogP contribution in [0.15, 0.2) is 35.2 Å². The van der Waals surface area contributed by atoms with Gasteiger partial charge in [0, 0.05) is 4.90 Å². The molecule has 1 aromatic rings. The van der Waals surface area contributed by atoms with E-state index in [1.54, 1.807) is 0 Å². The number of rotatable bonds is 5. The van der Waals surface area contributed by atoms with E-state index in [1.807, 2.05) is 48.9 Å². The molecule has 6 heteroatoms. The summed E-state index contributed by atoms with van der Waals surface area (Å²) in [6.45, 7) is 3.78. The van der Waals surface area contributed by atoms with Gasteiger partial charge in [-0.1, -0.05) is 32.0 Å². The molecule has 0 fully saturated rings.